The highest BCUT2D eigenvalue weighted by atomic mass is 16.5. The summed E-state index contributed by atoms with van der Waals surface area (Å²) in [7, 11) is 0. The quantitative estimate of drug-likeness (QED) is 0.872. The summed E-state index contributed by atoms with van der Waals surface area (Å²) in [6, 6.07) is 7.49. The fraction of sp³-hybridized carbons (Fsp3) is 0.556. The van der Waals surface area contributed by atoms with Crippen molar-refractivity contribution in [1.82, 2.24) is 25.5 Å². The summed E-state index contributed by atoms with van der Waals surface area (Å²) in [6.07, 6.45) is 6.01. The van der Waals surface area contributed by atoms with E-state index in [1.54, 1.807) is 24.3 Å². The lowest BCUT2D eigenvalue weighted by molar-refractivity contribution is 0.0948. The highest BCUT2D eigenvalue weighted by molar-refractivity contribution is 5.94. The number of nitrogens with zero attached hydrogens (tertiary/aromatic N) is 4. The first-order valence-corrected chi connectivity index (χ1v) is 8.95. The van der Waals surface area contributed by atoms with Gasteiger partial charge in [0, 0.05) is 5.56 Å². The van der Waals surface area contributed by atoms with Gasteiger partial charge in [0.2, 0.25) is 0 Å². The Bertz CT molecular complexity index is 690. The Hall–Kier alpha value is -2.44. The Morgan fingerprint density at radius 2 is 1.96 bits per heavy atom. The molecule has 1 saturated carbocycles. The molecular weight excluding hydrogens is 318 g/mol. The Morgan fingerprint density at radius 1 is 1.24 bits per heavy atom. The van der Waals surface area contributed by atoms with Crippen LogP contribution in [-0.2, 0) is 6.54 Å². The van der Waals surface area contributed by atoms with E-state index in [1.807, 2.05) is 18.5 Å². The van der Waals surface area contributed by atoms with Crippen LogP contribution >= 0.6 is 0 Å². The number of tetrazole rings is 1. The minimum Gasteiger partial charge on any atom is -0.491 e. The second kappa shape index (κ2) is 8.09. The summed E-state index contributed by atoms with van der Waals surface area (Å²) >= 11 is 0. The van der Waals surface area contributed by atoms with E-state index < -0.39 is 0 Å². The molecule has 1 aromatic carbocycles. The van der Waals surface area contributed by atoms with Gasteiger partial charge in [-0.3, -0.25) is 4.79 Å². The predicted molar refractivity (Wildman–Crippen MR) is 93.3 cm³/mol. The second-order valence-electron chi connectivity index (χ2n) is 6.71. The molecule has 134 valence electrons. The van der Waals surface area contributed by atoms with Gasteiger partial charge in [0.15, 0.2) is 5.82 Å². The van der Waals surface area contributed by atoms with Crippen molar-refractivity contribution in [2.24, 2.45) is 0 Å². The van der Waals surface area contributed by atoms with Crippen LogP contribution in [0.25, 0.3) is 0 Å². The van der Waals surface area contributed by atoms with Crippen LogP contribution in [0.2, 0.25) is 0 Å². The SMILES string of the molecule is CC(C)Oc1ccc(C(=O)NCc2nnnn2C2CCCCC2)cc1. The van der Waals surface area contributed by atoms with Crippen LogP contribution in [0, 0.1) is 0 Å². The molecule has 1 amide bonds. The molecular formula is C18H25N5O2. The average Bonchev–Trinajstić information content (AvgIpc) is 3.09. The van der Waals surface area contributed by atoms with E-state index in [2.05, 4.69) is 20.8 Å². The van der Waals surface area contributed by atoms with Crippen molar-refractivity contribution >= 4 is 5.91 Å². The predicted octanol–water partition coefficient (Wildman–Crippen LogP) is 2.90. The average molecular weight is 343 g/mol. The fourth-order valence-electron chi connectivity index (χ4n) is 3.16. The van der Waals surface area contributed by atoms with E-state index in [4.69, 9.17) is 4.74 Å². The first-order valence-electron chi connectivity index (χ1n) is 8.95. The number of ether oxygens (including phenoxy) is 1. The summed E-state index contributed by atoms with van der Waals surface area (Å²) < 4.78 is 7.46. The maximum absolute atomic E-state index is 12.3. The Labute approximate surface area is 147 Å². The van der Waals surface area contributed by atoms with Gasteiger partial charge in [0.05, 0.1) is 18.7 Å². The molecule has 0 bridgehead atoms. The van der Waals surface area contributed by atoms with Crippen molar-refractivity contribution in [3.8, 4) is 5.75 Å². The molecule has 0 saturated heterocycles. The third-order valence-corrected chi connectivity index (χ3v) is 4.38. The van der Waals surface area contributed by atoms with Crippen LogP contribution in [0.3, 0.4) is 0 Å². The molecule has 1 N–H and O–H groups in total. The molecule has 1 aliphatic carbocycles. The van der Waals surface area contributed by atoms with Crippen molar-refractivity contribution in [3.05, 3.63) is 35.7 Å². The largest absolute Gasteiger partial charge is 0.491 e. The third-order valence-electron chi connectivity index (χ3n) is 4.38. The van der Waals surface area contributed by atoms with Crippen molar-refractivity contribution in [3.63, 3.8) is 0 Å². The fourth-order valence-corrected chi connectivity index (χ4v) is 3.16. The lowest BCUT2D eigenvalue weighted by Gasteiger charge is -2.22. The van der Waals surface area contributed by atoms with Gasteiger partial charge in [-0.15, -0.1) is 5.10 Å². The molecule has 2 aromatic rings. The molecule has 7 nitrogen and oxygen atoms in total. The zero-order valence-corrected chi connectivity index (χ0v) is 14.8. The van der Waals surface area contributed by atoms with Crippen LogP contribution in [-0.4, -0.2) is 32.2 Å². The molecule has 1 aliphatic rings. The molecule has 25 heavy (non-hydrogen) atoms. The summed E-state index contributed by atoms with van der Waals surface area (Å²) in [4.78, 5) is 12.3. The normalized spacial score (nSPS) is 15.3. The summed E-state index contributed by atoms with van der Waals surface area (Å²) in [5.74, 6) is 1.32. The smallest absolute Gasteiger partial charge is 0.251 e. The van der Waals surface area contributed by atoms with E-state index >= 15 is 0 Å². The Morgan fingerprint density at radius 3 is 2.64 bits per heavy atom. The first kappa shape index (κ1) is 17.4. The van der Waals surface area contributed by atoms with Crippen molar-refractivity contribution in [1.29, 1.82) is 0 Å². The van der Waals surface area contributed by atoms with Crippen LogP contribution in [0.1, 0.15) is 68.2 Å². The van der Waals surface area contributed by atoms with Gasteiger partial charge in [0.1, 0.15) is 5.75 Å². The number of hydrogen-bond acceptors (Lipinski definition) is 5. The molecule has 3 rings (SSSR count). The maximum Gasteiger partial charge on any atom is 0.251 e. The third kappa shape index (κ3) is 4.55. The lowest BCUT2D eigenvalue weighted by atomic mass is 9.95. The van der Waals surface area contributed by atoms with Gasteiger partial charge in [-0.1, -0.05) is 19.3 Å². The number of carbonyl (C=O) groups is 1. The number of rotatable bonds is 6. The molecule has 1 aromatic heterocycles. The second-order valence-corrected chi connectivity index (χ2v) is 6.71. The Kier molecular flexibility index (Phi) is 5.63. The van der Waals surface area contributed by atoms with E-state index in [9.17, 15) is 4.79 Å². The van der Waals surface area contributed by atoms with E-state index in [-0.39, 0.29) is 12.0 Å². The number of carbonyl (C=O) groups excluding carboxylic acids is 1. The number of amides is 1. The molecule has 7 heteroatoms. The van der Waals surface area contributed by atoms with Crippen molar-refractivity contribution in [2.45, 2.75) is 64.6 Å². The molecule has 0 aliphatic heterocycles. The van der Waals surface area contributed by atoms with Gasteiger partial charge in [-0.25, -0.2) is 4.68 Å². The minimum absolute atomic E-state index is 0.110. The van der Waals surface area contributed by atoms with Gasteiger partial charge in [-0.05, 0) is 61.4 Å². The minimum atomic E-state index is -0.144. The number of aromatic nitrogens is 4. The van der Waals surface area contributed by atoms with Crippen molar-refractivity contribution < 1.29 is 9.53 Å². The summed E-state index contributed by atoms with van der Waals surface area (Å²) in [6.45, 7) is 4.26. The molecule has 1 fully saturated rings. The molecule has 1 heterocycles. The van der Waals surface area contributed by atoms with Crippen LogP contribution < -0.4 is 10.1 Å². The molecule has 0 unspecified atom stereocenters. The topological polar surface area (TPSA) is 81.9 Å². The van der Waals surface area contributed by atoms with E-state index in [0.717, 1.165) is 18.6 Å². The van der Waals surface area contributed by atoms with Crippen molar-refractivity contribution in [2.75, 3.05) is 0 Å². The number of benzene rings is 1. The highest BCUT2D eigenvalue weighted by Gasteiger charge is 2.20. The van der Waals surface area contributed by atoms with Crippen LogP contribution in [0.5, 0.6) is 5.75 Å². The van der Waals surface area contributed by atoms with Crippen LogP contribution in [0.4, 0.5) is 0 Å². The first-order chi connectivity index (χ1) is 12.1. The van der Waals surface area contributed by atoms with Gasteiger partial charge >= 0.3 is 0 Å². The Balaban J connectivity index is 1.58. The number of nitrogens with one attached hydrogen (secondary N) is 1. The summed E-state index contributed by atoms with van der Waals surface area (Å²) in [5, 5.41) is 14.9. The van der Waals surface area contributed by atoms with E-state index in [0.29, 0.717) is 24.0 Å². The summed E-state index contributed by atoms with van der Waals surface area (Å²) in [5.41, 5.74) is 0.591. The van der Waals surface area contributed by atoms with Gasteiger partial charge in [-0.2, -0.15) is 0 Å². The molecule has 0 spiro atoms. The monoisotopic (exact) mass is 343 g/mol. The standard InChI is InChI=1S/C18H25N5O2/c1-13(2)25-16-10-8-14(9-11-16)18(24)19-12-17-20-21-22-23(17)15-6-4-3-5-7-15/h8-11,13,15H,3-7,12H2,1-2H3,(H,19,24). The zero-order chi connectivity index (χ0) is 17.6. The highest BCUT2D eigenvalue weighted by Crippen LogP contribution is 2.27. The van der Waals surface area contributed by atoms with E-state index in [1.165, 1.54) is 19.3 Å². The number of hydrogen-bond donors (Lipinski definition) is 1. The lowest BCUT2D eigenvalue weighted by Crippen LogP contribution is -2.26. The zero-order valence-electron chi connectivity index (χ0n) is 14.8. The van der Waals surface area contributed by atoms with Gasteiger partial charge < -0.3 is 10.1 Å². The maximum atomic E-state index is 12.3. The molecule has 0 radical (unpaired) electrons. The van der Waals surface area contributed by atoms with Gasteiger partial charge in [0.25, 0.3) is 5.91 Å². The van der Waals surface area contributed by atoms with Crippen LogP contribution in [0.15, 0.2) is 24.3 Å². The molecule has 0 atom stereocenters.